The highest BCUT2D eigenvalue weighted by molar-refractivity contribution is 5.96. The van der Waals surface area contributed by atoms with Crippen LogP contribution in [0.3, 0.4) is 0 Å². The van der Waals surface area contributed by atoms with Gasteiger partial charge in [-0.05, 0) is 67.2 Å². The second-order valence-electron chi connectivity index (χ2n) is 7.53. The fourth-order valence-electron chi connectivity index (χ4n) is 3.10. The molecule has 0 bridgehead atoms. The Morgan fingerprint density at radius 1 is 0.926 bits per heavy atom. The van der Waals surface area contributed by atoms with E-state index in [1.165, 1.54) is 11.1 Å². The summed E-state index contributed by atoms with van der Waals surface area (Å²) >= 11 is 0. The van der Waals surface area contributed by atoms with Crippen molar-refractivity contribution in [3.63, 3.8) is 0 Å². The summed E-state index contributed by atoms with van der Waals surface area (Å²) in [7, 11) is 1.67. The van der Waals surface area contributed by atoms with E-state index < -0.39 is 0 Å². The first kappa shape index (κ1) is 20.8. The van der Waals surface area contributed by atoms with Crippen LogP contribution in [-0.4, -0.2) is 12.8 Å². The number of methoxy groups -OCH3 is 1. The molecule has 2 aromatic carbocycles. The van der Waals surface area contributed by atoms with E-state index in [1.807, 2.05) is 24.3 Å². The van der Waals surface area contributed by atoms with E-state index in [-0.39, 0.29) is 0 Å². The van der Waals surface area contributed by atoms with E-state index >= 15 is 0 Å². The fourth-order valence-corrected chi connectivity index (χ4v) is 3.10. The highest BCUT2D eigenvalue weighted by atomic mass is 16.5. The zero-order valence-electron chi connectivity index (χ0n) is 17.6. The Bertz CT molecular complexity index is 789. The Kier molecular flexibility index (Phi) is 7.23. The molecule has 2 rings (SSSR count). The van der Waals surface area contributed by atoms with Gasteiger partial charge < -0.3 is 10.1 Å². The van der Waals surface area contributed by atoms with Gasteiger partial charge >= 0.3 is 0 Å². The van der Waals surface area contributed by atoms with Crippen molar-refractivity contribution < 1.29 is 4.74 Å². The van der Waals surface area contributed by atoms with E-state index in [1.54, 1.807) is 7.11 Å². The first-order chi connectivity index (χ1) is 12.8. The molecule has 3 heteroatoms. The lowest BCUT2D eigenvalue weighted by molar-refractivity contribution is 0.415. The molecule has 0 amide bonds. The highest BCUT2D eigenvalue weighted by Crippen LogP contribution is 2.34. The summed E-state index contributed by atoms with van der Waals surface area (Å²) in [6.07, 6.45) is 2.09. The normalized spacial score (nSPS) is 12.6. The topological polar surface area (TPSA) is 33.6 Å². The van der Waals surface area contributed by atoms with Crippen LogP contribution in [0, 0.1) is 0 Å². The first-order valence-electron chi connectivity index (χ1n) is 9.59. The van der Waals surface area contributed by atoms with E-state index in [4.69, 9.17) is 9.73 Å². The lowest BCUT2D eigenvalue weighted by Gasteiger charge is -2.17. The molecule has 1 N–H and O–H groups in total. The van der Waals surface area contributed by atoms with Crippen LogP contribution in [0.25, 0.3) is 0 Å². The molecule has 0 saturated heterocycles. The number of hydrogen-bond acceptors (Lipinski definition) is 3. The smallest absolute Gasteiger partial charge is 0.119 e. The number of rotatable bonds is 7. The fraction of sp³-hybridized carbons (Fsp3) is 0.375. The molecule has 0 radical (unpaired) electrons. The number of nitrogens with zero attached hydrogens (tertiary/aromatic N) is 1. The zero-order chi connectivity index (χ0) is 20.0. The summed E-state index contributed by atoms with van der Waals surface area (Å²) in [5.74, 6) is 1.74. The van der Waals surface area contributed by atoms with Crippen LogP contribution in [0.1, 0.15) is 64.5 Å². The maximum Gasteiger partial charge on any atom is 0.119 e. The van der Waals surface area contributed by atoms with Crippen LogP contribution < -0.4 is 10.1 Å². The Labute approximate surface area is 164 Å². The van der Waals surface area contributed by atoms with Crippen molar-refractivity contribution in [3.05, 3.63) is 65.4 Å². The number of allylic oxidation sites excluding steroid dienone is 2. The van der Waals surface area contributed by atoms with E-state index in [0.717, 1.165) is 28.5 Å². The van der Waals surface area contributed by atoms with Crippen LogP contribution in [0.5, 0.6) is 5.75 Å². The molecule has 27 heavy (non-hydrogen) atoms. The van der Waals surface area contributed by atoms with Gasteiger partial charge in [-0.1, -0.05) is 45.9 Å². The molecule has 0 fully saturated rings. The van der Waals surface area contributed by atoms with E-state index in [9.17, 15) is 0 Å². The van der Waals surface area contributed by atoms with Gasteiger partial charge in [0.2, 0.25) is 0 Å². The second-order valence-corrected chi connectivity index (χ2v) is 7.53. The number of aliphatic imine (C=N–C) groups is 1. The van der Waals surface area contributed by atoms with E-state index in [0.29, 0.717) is 11.8 Å². The van der Waals surface area contributed by atoms with Gasteiger partial charge in [0, 0.05) is 17.1 Å². The standard InChI is InChI=1S/C24H32N2O/c1-16(2)22-9-8-10-23(17(3)4)24(22)26-19(6)15-18(5)25-20-11-13-21(27-7)14-12-20/h8-17,25H,1-7H3/b18-15+,26-19?. The largest absolute Gasteiger partial charge is 0.497 e. The zero-order valence-corrected chi connectivity index (χ0v) is 17.6. The molecule has 3 nitrogen and oxygen atoms in total. The van der Waals surface area contributed by atoms with Crippen molar-refractivity contribution in [1.29, 1.82) is 0 Å². The second kappa shape index (κ2) is 9.40. The van der Waals surface area contributed by atoms with Crippen LogP contribution in [-0.2, 0) is 0 Å². The monoisotopic (exact) mass is 364 g/mol. The maximum absolute atomic E-state index is 5.20. The van der Waals surface area contributed by atoms with Gasteiger partial charge in [0.25, 0.3) is 0 Å². The lowest BCUT2D eigenvalue weighted by Crippen LogP contribution is -2.00. The Balaban J connectivity index is 2.29. The number of ether oxygens (including phenoxy) is 1. The van der Waals surface area contributed by atoms with Gasteiger partial charge in [-0.2, -0.15) is 0 Å². The quantitative estimate of drug-likeness (QED) is 0.534. The van der Waals surface area contributed by atoms with Crippen molar-refractivity contribution in [2.75, 3.05) is 12.4 Å². The van der Waals surface area contributed by atoms with Gasteiger partial charge in [-0.25, -0.2) is 0 Å². The summed E-state index contributed by atoms with van der Waals surface area (Å²) in [6, 6.07) is 14.4. The third-order valence-electron chi connectivity index (χ3n) is 4.49. The molecule has 0 aliphatic carbocycles. The SMILES string of the molecule is COc1ccc(N/C(C)=C/C(C)=Nc2c(C(C)C)cccc2C(C)C)cc1. The van der Waals surface area contributed by atoms with Gasteiger partial charge in [0.1, 0.15) is 5.75 Å². The molecule has 0 spiro atoms. The number of anilines is 1. The minimum atomic E-state index is 0.442. The van der Waals surface area contributed by atoms with Gasteiger partial charge in [0.15, 0.2) is 0 Å². The third kappa shape index (κ3) is 5.72. The van der Waals surface area contributed by atoms with Gasteiger partial charge in [-0.15, -0.1) is 0 Å². The summed E-state index contributed by atoms with van der Waals surface area (Å²) < 4.78 is 5.20. The molecule has 2 aromatic rings. The number of benzene rings is 2. The average Bonchev–Trinajstić information content (AvgIpc) is 2.61. The molecule has 0 atom stereocenters. The van der Waals surface area contributed by atoms with Crippen molar-refractivity contribution in [2.24, 2.45) is 4.99 Å². The van der Waals surface area contributed by atoms with Crippen LogP contribution >= 0.6 is 0 Å². The predicted octanol–water partition coefficient (Wildman–Crippen LogP) is 7.05. The van der Waals surface area contributed by atoms with Crippen LogP contribution in [0.2, 0.25) is 0 Å². The van der Waals surface area contributed by atoms with E-state index in [2.05, 4.69) is 71.1 Å². The summed E-state index contributed by atoms with van der Waals surface area (Å²) in [4.78, 5) is 4.99. The first-order valence-corrected chi connectivity index (χ1v) is 9.59. The number of nitrogens with one attached hydrogen (secondary N) is 1. The Morgan fingerprint density at radius 3 is 1.96 bits per heavy atom. The molecule has 0 aliphatic heterocycles. The van der Waals surface area contributed by atoms with Gasteiger partial charge in [0.05, 0.1) is 12.8 Å². The minimum Gasteiger partial charge on any atom is -0.497 e. The Hall–Kier alpha value is -2.55. The van der Waals surface area contributed by atoms with Crippen molar-refractivity contribution in [1.82, 2.24) is 0 Å². The highest BCUT2D eigenvalue weighted by Gasteiger charge is 2.13. The predicted molar refractivity (Wildman–Crippen MR) is 118 cm³/mol. The maximum atomic E-state index is 5.20. The average molecular weight is 365 g/mol. The van der Waals surface area contributed by atoms with Crippen LogP contribution in [0.4, 0.5) is 11.4 Å². The number of hydrogen-bond donors (Lipinski definition) is 1. The van der Waals surface area contributed by atoms with Crippen molar-refractivity contribution in [2.45, 2.75) is 53.4 Å². The summed E-state index contributed by atoms with van der Waals surface area (Å²) in [5, 5.41) is 3.41. The molecular weight excluding hydrogens is 332 g/mol. The minimum absolute atomic E-state index is 0.442. The molecular formula is C24H32N2O. The molecule has 0 aliphatic rings. The summed E-state index contributed by atoms with van der Waals surface area (Å²) in [5.41, 5.74) is 6.79. The van der Waals surface area contributed by atoms with Crippen LogP contribution in [0.15, 0.2) is 59.2 Å². The molecule has 0 unspecified atom stereocenters. The van der Waals surface area contributed by atoms with Gasteiger partial charge in [-0.3, -0.25) is 4.99 Å². The third-order valence-corrected chi connectivity index (χ3v) is 4.49. The van der Waals surface area contributed by atoms with Crippen molar-refractivity contribution in [3.8, 4) is 5.75 Å². The number of para-hydroxylation sites is 1. The molecule has 0 saturated carbocycles. The Morgan fingerprint density at radius 2 is 1.48 bits per heavy atom. The van der Waals surface area contributed by atoms with Crippen molar-refractivity contribution >= 4 is 17.1 Å². The lowest BCUT2D eigenvalue weighted by atomic mass is 9.93. The molecule has 0 heterocycles. The molecule has 0 aromatic heterocycles. The summed E-state index contributed by atoms with van der Waals surface area (Å²) in [6.45, 7) is 13.0. The molecule has 144 valence electrons.